The molecule has 142 valence electrons. The summed E-state index contributed by atoms with van der Waals surface area (Å²) >= 11 is 0. The van der Waals surface area contributed by atoms with Crippen molar-refractivity contribution < 1.29 is 18.8 Å². The van der Waals surface area contributed by atoms with E-state index < -0.39 is 0 Å². The van der Waals surface area contributed by atoms with Crippen molar-refractivity contribution in [2.24, 2.45) is 0 Å². The van der Waals surface area contributed by atoms with E-state index >= 15 is 0 Å². The van der Waals surface area contributed by atoms with Crippen molar-refractivity contribution >= 4 is 16.8 Å². The number of rotatable bonds is 5. The van der Waals surface area contributed by atoms with Gasteiger partial charge in [-0.2, -0.15) is 0 Å². The molecule has 3 aromatic rings. The first-order chi connectivity index (χ1) is 13.1. The summed E-state index contributed by atoms with van der Waals surface area (Å²) in [6.07, 6.45) is 2.36. The molecule has 0 aliphatic carbocycles. The van der Waals surface area contributed by atoms with Crippen LogP contribution < -0.4 is 5.32 Å². The van der Waals surface area contributed by atoms with Gasteiger partial charge in [0.2, 0.25) is 0 Å². The smallest absolute Gasteiger partial charge is 0.251 e. The molecule has 1 aliphatic heterocycles. The van der Waals surface area contributed by atoms with E-state index in [1.165, 1.54) is 0 Å². The summed E-state index contributed by atoms with van der Waals surface area (Å²) in [5, 5.41) is 8.13. The van der Waals surface area contributed by atoms with Crippen molar-refractivity contribution in [1.82, 2.24) is 15.5 Å². The van der Waals surface area contributed by atoms with E-state index in [2.05, 4.69) is 15.5 Å². The fraction of sp³-hybridized carbons (Fsp3) is 0.400. The number of aromatic amines is 1. The maximum absolute atomic E-state index is 12.7. The Morgan fingerprint density at radius 1 is 1.37 bits per heavy atom. The highest BCUT2D eigenvalue weighted by Gasteiger charge is 2.29. The molecule has 1 amide bonds. The molecule has 4 rings (SSSR count). The van der Waals surface area contributed by atoms with Gasteiger partial charge in [-0.15, -0.1) is 0 Å². The molecule has 27 heavy (non-hydrogen) atoms. The Morgan fingerprint density at radius 2 is 2.26 bits per heavy atom. The van der Waals surface area contributed by atoms with E-state index in [0.717, 1.165) is 27.9 Å². The summed E-state index contributed by atoms with van der Waals surface area (Å²) in [4.78, 5) is 15.9. The first-order valence-electron chi connectivity index (χ1n) is 9.11. The molecule has 1 fully saturated rings. The third kappa shape index (κ3) is 3.74. The molecule has 1 aliphatic rings. The van der Waals surface area contributed by atoms with Gasteiger partial charge in [0.25, 0.3) is 5.91 Å². The van der Waals surface area contributed by atoms with Crippen LogP contribution in [0.15, 0.2) is 35.0 Å². The molecule has 7 nitrogen and oxygen atoms in total. The molecule has 3 heterocycles. The molecule has 7 heteroatoms. The van der Waals surface area contributed by atoms with Crippen molar-refractivity contribution in [3.8, 4) is 0 Å². The van der Waals surface area contributed by atoms with Crippen LogP contribution in [0.4, 0.5) is 0 Å². The van der Waals surface area contributed by atoms with Gasteiger partial charge in [-0.3, -0.25) is 4.79 Å². The number of hydrogen-bond donors (Lipinski definition) is 2. The number of nitrogens with one attached hydrogen (secondary N) is 2. The molecule has 0 spiro atoms. The zero-order valence-electron chi connectivity index (χ0n) is 15.5. The normalized spacial score (nSPS) is 20.1. The number of hydrogen-bond acceptors (Lipinski definition) is 5. The first kappa shape index (κ1) is 17.8. The molecule has 0 bridgehead atoms. The minimum absolute atomic E-state index is 0.105. The zero-order valence-corrected chi connectivity index (χ0v) is 15.5. The van der Waals surface area contributed by atoms with Crippen molar-refractivity contribution in [1.29, 1.82) is 0 Å². The van der Waals surface area contributed by atoms with E-state index in [9.17, 15) is 4.79 Å². The number of amides is 1. The van der Waals surface area contributed by atoms with E-state index in [4.69, 9.17) is 14.0 Å². The van der Waals surface area contributed by atoms with Gasteiger partial charge in [0.1, 0.15) is 11.9 Å². The second-order valence-corrected chi connectivity index (χ2v) is 6.88. The summed E-state index contributed by atoms with van der Waals surface area (Å²) in [6.45, 7) is 5.19. The summed E-state index contributed by atoms with van der Waals surface area (Å²) in [5.74, 6) is 0.647. The predicted molar refractivity (Wildman–Crippen MR) is 99.5 cm³/mol. The molecule has 0 radical (unpaired) electrons. The van der Waals surface area contributed by atoms with E-state index in [1.807, 2.05) is 44.3 Å². The topological polar surface area (TPSA) is 89.4 Å². The van der Waals surface area contributed by atoms with Crippen LogP contribution in [0.25, 0.3) is 10.9 Å². The van der Waals surface area contributed by atoms with Gasteiger partial charge in [-0.1, -0.05) is 11.2 Å². The lowest BCUT2D eigenvalue weighted by molar-refractivity contribution is -0.0739. The van der Waals surface area contributed by atoms with Gasteiger partial charge < -0.3 is 24.3 Å². The summed E-state index contributed by atoms with van der Waals surface area (Å²) < 4.78 is 16.8. The lowest BCUT2D eigenvalue weighted by Gasteiger charge is -2.32. The maximum Gasteiger partial charge on any atom is 0.251 e. The number of nitrogens with zero attached hydrogens (tertiary/aromatic N) is 1. The molecular weight excluding hydrogens is 346 g/mol. The first-order valence-corrected chi connectivity index (χ1v) is 9.11. The van der Waals surface area contributed by atoms with Gasteiger partial charge in [0.05, 0.1) is 24.9 Å². The monoisotopic (exact) mass is 369 g/mol. The highest BCUT2D eigenvalue weighted by molar-refractivity contribution is 5.98. The van der Waals surface area contributed by atoms with Crippen LogP contribution in [-0.2, 0) is 16.1 Å². The van der Waals surface area contributed by atoms with E-state index in [-0.39, 0.29) is 18.1 Å². The number of ether oxygens (including phenoxy) is 2. The van der Waals surface area contributed by atoms with Gasteiger partial charge in [0, 0.05) is 29.4 Å². The Kier molecular flexibility index (Phi) is 4.96. The Balaban J connectivity index is 1.43. The molecular formula is C20H23N3O4. The number of aromatic nitrogens is 2. The molecule has 1 saturated heterocycles. The minimum atomic E-state index is -0.217. The van der Waals surface area contributed by atoms with E-state index in [0.29, 0.717) is 31.8 Å². The number of carbonyl (C=O) groups excluding carboxylic acids is 1. The minimum Gasteiger partial charge on any atom is -0.379 e. The van der Waals surface area contributed by atoms with Gasteiger partial charge >= 0.3 is 0 Å². The van der Waals surface area contributed by atoms with Gasteiger partial charge in [0.15, 0.2) is 0 Å². The van der Waals surface area contributed by atoms with Crippen LogP contribution in [0.2, 0.25) is 0 Å². The number of H-pyrrole nitrogens is 1. The second kappa shape index (κ2) is 7.54. The average Bonchev–Trinajstić information content (AvgIpc) is 3.27. The van der Waals surface area contributed by atoms with E-state index in [1.54, 1.807) is 0 Å². The fourth-order valence-electron chi connectivity index (χ4n) is 3.38. The predicted octanol–water partition coefficient (Wildman–Crippen LogP) is 2.88. The molecule has 2 aromatic heterocycles. The fourth-order valence-corrected chi connectivity index (χ4v) is 3.38. The van der Waals surface area contributed by atoms with Crippen LogP contribution in [0.5, 0.6) is 0 Å². The molecule has 1 aromatic carbocycles. The maximum atomic E-state index is 12.7. The lowest BCUT2D eigenvalue weighted by atomic mass is 10.0. The lowest BCUT2D eigenvalue weighted by Crippen LogP contribution is -2.50. The number of aryl methyl sites for hydroxylation is 2. The average molecular weight is 369 g/mol. The standard InChI is InChI=1S/C20H23N3O4/c1-12-16(13(2)27-23-12)10-26-19-11-25-8-6-17(19)22-20(24)15-4-3-14-5-7-21-18(14)9-15/h3-5,7,9,17,19,21H,6,8,10-11H2,1-2H3,(H,22,24)/t17-,19-/m1/s1. The van der Waals surface area contributed by atoms with Gasteiger partial charge in [-0.25, -0.2) is 0 Å². The van der Waals surface area contributed by atoms with Gasteiger partial charge in [-0.05, 0) is 43.9 Å². The highest BCUT2D eigenvalue weighted by atomic mass is 16.5. The summed E-state index contributed by atoms with van der Waals surface area (Å²) in [6, 6.07) is 7.52. The zero-order chi connectivity index (χ0) is 18.8. The van der Waals surface area contributed by atoms with Crippen molar-refractivity contribution in [2.45, 2.75) is 39.0 Å². The van der Waals surface area contributed by atoms with Crippen molar-refractivity contribution in [3.63, 3.8) is 0 Å². The molecule has 0 saturated carbocycles. The largest absolute Gasteiger partial charge is 0.379 e. The summed E-state index contributed by atoms with van der Waals surface area (Å²) in [7, 11) is 0. The van der Waals surface area contributed by atoms with Crippen molar-refractivity contribution in [3.05, 3.63) is 53.0 Å². The quantitative estimate of drug-likeness (QED) is 0.722. The van der Waals surface area contributed by atoms with Crippen LogP contribution in [0, 0.1) is 13.8 Å². The highest BCUT2D eigenvalue weighted by Crippen LogP contribution is 2.19. The van der Waals surface area contributed by atoms with Crippen LogP contribution in [-0.4, -0.2) is 41.4 Å². The van der Waals surface area contributed by atoms with Crippen molar-refractivity contribution in [2.75, 3.05) is 13.2 Å². The summed E-state index contributed by atoms with van der Waals surface area (Å²) in [5.41, 5.74) is 3.34. The van der Waals surface area contributed by atoms with Crippen LogP contribution in [0.3, 0.4) is 0 Å². The van der Waals surface area contributed by atoms with Crippen LogP contribution >= 0.6 is 0 Å². The SMILES string of the molecule is Cc1noc(C)c1CO[C@@H]1COCC[C@H]1NC(=O)c1ccc2cc[nH]c2c1. The second-order valence-electron chi connectivity index (χ2n) is 6.88. The number of benzene rings is 1. The third-order valence-electron chi connectivity index (χ3n) is 5.06. The molecule has 2 N–H and O–H groups in total. The molecule has 0 unspecified atom stereocenters. The Hall–Kier alpha value is -2.64. The Labute approximate surface area is 157 Å². The third-order valence-corrected chi connectivity index (χ3v) is 5.06. The van der Waals surface area contributed by atoms with Crippen LogP contribution in [0.1, 0.15) is 33.8 Å². The number of fused-ring (bicyclic) bond motifs is 1. The number of carbonyl (C=O) groups is 1. The Morgan fingerprint density at radius 3 is 3.07 bits per heavy atom. The Bertz CT molecular complexity index is 926. The molecule has 2 atom stereocenters.